The molecule has 2 aromatic rings. The molecule has 1 N–H and O–H groups in total. The van der Waals surface area contributed by atoms with Crippen LogP contribution in [0.1, 0.15) is 47.7 Å². The number of alkyl halides is 6. The van der Waals surface area contributed by atoms with Gasteiger partial charge in [-0.05, 0) is 42.7 Å². The summed E-state index contributed by atoms with van der Waals surface area (Å²) in [6, 6.07) is 7.90. The van der Waals surface area contributed by atoms with Crippen molar-refractivity contribution >= 4 is 6.03 Å². The Hall–Kier alpha value is -2.75. The lowest BCUT2D eigenvalue weighted by Crippen LogP contribution is -2.45. The molecule has 33 heavy (non-hydrogen) atoms. The molecule has 2 aromatic carbocycles. The Bertz CT molecular complexity index is 1020. The van der Waals surface area contributed by atoms with Crippen molar-refractivity contribution in [3.63, 3.8) is 0 Å². The molecule has 10 heteroatoms. The first-order valence-electron chi connectivity index (χ1n) is 10.3. The second-order valence-corrected chi connectivity index (χ2v) is 8.77. The number of aliphatic hydroxyl groups is 1. The van der Waals surface area contributed by atoms with E-state index in [2.05, 4.69) is 0 Å². The predicted octanol–water partition coefficient (Wildman–Crippen LogP) is 5.64. The normalized spacial score (nSPS) is 25.5. The molecule has 1 saturated carbocycles. The lowest BCUT2D eigenvalue weighted by molar-refractivity contribution is -0.143. The van der Waals surface area contributed by atoms with Crippen LogP contribution in [-0.2, 0) is 12.4 Å². The minimum Gasteiger partial charge on any atom is -0.387 e. The van der Waals surface area contributed by atoms with Crippen molar-refractivity contribution in [2.75, 3.05) is 13.6 Å². The first-order chi connectivity index (χ1) is 15.2. The van der Waals surface area contributed by atoms with E-state index in [1.54, 1.807) is 30.3 Å². The van der Waals surface area contributed by atoms with Gasteiger partial charge in [-0.1, -0.05) is 30.3 Å². The zero-order valence-electron chi connectivity index (χ0n) is 17.8. The number of urea groups is 1. The maximum Gasteiger partial charge on any atom is 0.416 e. The zero-order chi connectivity index (χ0) is 24.3. The molecular formula is C23H22F6N2O2. The van der Waals surface area contributed by atoms with Gasteiger partial charge in [0.25, 0.3) is 0 Å². The molecule has 0 aromatic heterocycles. The zero-order valence-corrected chi connectivity index (χ0v) is 17.8. The third-order valence-corrected chi connectivity index (χ3v) is 6.66. The highest BCUT2D eigenvalue weighted by Gasteiger charge is 2.67. The summed E-state index contributed by atoms with van der Waals surface area (Å²) < 4.78 is 79.5. The topological polar surface area (TPSA) is 43.8 Å². The van der Waals surface area contributed by atoms with Crippen LogP contribution in [0.15, 0.2) is 48.5 Å². The van der Waals surface area contributed by atoms with Crippen molar-refractivity contribution in [2.24, 2.45) is 5.92 Å². The number of fused-ring (bicyclic) bond motifs is 1. The van der Waals surface area contributed by atoms with Crippen molar-refractivity contribution in [1.82, 2.24) is 9.80 Å². The van der Waals surface area contributed by atoms with Crippen molar-refractivity contribution in [2.45, 2.75) is 43.4 Å². The van der Waals surface area contributed by atoms with Crippen molar-refractivity contribution < 1.29 is 36.2 Å². The summed E-state index contributed by atoms with van der Waals surface area (Å²) in [5, 5.41) is 10.9. The molecule has 4 atom stereocenters. The number of hydrogen-bond donors (Lipinski definition) is 1. The summed E-state index contributed by atoms with van der Waals surface area (Å²) in [6.07, 6.45) is -9.43. The summed E-state index contributed by atoms with van der Waals surface area (Å²) in [5.74, 6) is -0.124. The number of benzene rings is 2. The van der Waals surface area contributed by atoms with E-state index in [0.29, 0.717) is 24.1 Å². The van der Waals surface area contributed by atoms with E-state index < -0.39 is 47.2 Å². The molecule has 2 amide bonds. The first kappa shape index (κ1) is 23.4. The van der Waals surface area contributed by atoms with Crippen LogP contribution < -0.4 is 0 Å². The highest BCUT2D eigenvalue weighted by molar-refractivity contribution is 5.76. The van der Waals surface area contributed by atoms with E-state index in [0.717, 1.165) is 4.90 Å². The number of piperidine rings is 1. The SMILES string of the molecule is CC(c1cc(C(F)(F)F)cc(C(F)(F)F)c1)N(C)C(=O)N1CC2CC2(O)C1c1ccccc1. The number of carbonyl (C=O) groups is 1. The number of hydrogen-bond acceptors (Lipinski definition) is 2. The molecule has 0 radical (unpaired) electrons. The summed E-state index contributed by atoms with van der Waals surface area (Å²) >= 11 is 0. The molecule has 1 aliphatic heterocycles. The van der Waals surface area contributed by atoms with Crippen LogP contribution in [0.5, 0.6) is 0 Å². The molecule has 4 unspecified atom stereocenters. The van der Waals surface area contributed by atoms with Gasteiger partial charge in [0.2, 0.25) is 0 Å². The smallest absolute Gasteiger partial charge is 0.387 e. The number of carbonyl (C=O) groups excluding carboxylic acids is 1. The largest absolute Gasteiger partial charge is 0.416 e. The third kappa shape index (κ3) is 4.16. The van der Waals surface area contributed by atoms with Gasteiger partial charge in [0, 0.05) is 19.5 Å². The Balaban J connectivity index is 1.64. The van der Waals surface area contributed by atoms with Gasteiger partial charge in [0.15, 0.2) is 0 Å². The van der Waals surface area contributed by atoms with Gasteiger partial charge in [0.1, 0.15) is 0 Å². The Labute approximate surface area is 186 Å². The maximum absolute atomic E-state index is 13.3. The van der Waals surface area contributed by atoms with Crippen LogP contribution in [0.25, 0.3) is 0 Å². The van der Waals surface area contributed by atoms with E-state index in [9.17, 15) is 36.2 Å². The van der Waals surface area contributed by atoms with Gasteiger partial charge in [0.05, 0.1) is 28.8 Å². The second kappa shape index (κ2) is 7.65. The van der Waals surface area contributed by atoms with Crippen LogP contribution in [0.2, 0.25) is 0 Å². The number of rotatable bonds is 3. The Morgan fingerprint density at radius 3 is 2.12 bits per heavy atom. The Morgan fingerprint density at radius 2 is 1.61 bits per heavy atom. The Morgan fingerprint density at radius 1 is 1.06 bits per heavy atom. The van der Waals surface area contributed by atoms with Crippen molar-refractivity contribution in [3.8, 4) is 0 Å². The number of amides is 2. The average Bonchev–Trinajstić information content (AvgIpc) is 3.31. The van der Waals surface area contributed by atoms with Crippen LogP contribution >= 0.6 is 0 Å². The molecule has 0 bridgehead atoms. The van der Waals surface area contributed by atoms with Crippen molar-refractivity contribution in [1.29, 1.82) is 0 Å². The van der Waals surface area contributed by atoms with Gasteiger partial charge >= 0.3 is 18.4 Å². The average molecular weight is 472 g/mol. The van der Waals surface area contributed by atoms with Gasteiger partial charge < -0.3 is 14.9 Å². The molecule has 2 fully saturated rings. The summed E-state index contributed by atoms with van der Waals surface area (Å²) in [5.41, 5.74) is -3.52. The number of likely N-dealkylation sites (tertiary alicyclic amines) is 1. The molecule has 1 aliphatic carbocycles. The number of nitrogens with zero attached hydrogens (tertiary/aromatic N) is 2. The second-order valence-electron chi connectivity index (χ2n) is 8.77. The van der Waals surface area contributed by atoms with Gasteiger partial charge in [-0.15, -0.1) is 0 Å². The molecule has 4 rings (SSSR count). The van der Waals surface area contributed by atoms with Crippen molar-refractivity contribution in [3.05, 3.63) is 70.8 Å². The van der Waals surface area contributed by atoms with E-state index in [1.165, 1.54) is 18.9 Å². The monoisotopic (exact) mass is 472 g/mol. The third-order valence-electron chi connectivity index (χ3n) is 6.66. The number of halogens is 6. The van der Waals surface area contributed by atoms with E-state index in [1.807, 2.05) is 0 Å². The molecule has 4 nitrogen and oxygen atoms in total. The maximum atomic E-state index is 13.3. The minimum atomic E-state index is -4.98. The van der Waals surface area contributed by atoms with Crippen LogP contribution in [-0.4, -0.2) is 40.1 Å². The van der Waals surface area contributed by atoms with Crippen LogP contribution in [0.4, 0.5) is 31.1 Å². The van der Waals surface area contributed by atoms with E-state index in [-0.39, 0.29) is 24.1 Å². The summed E-state index contributed by atoms with van der Waals surface area (Å²) in [6.45, 7) is 1.62. The van der Waals surface area contributed by atoms with Crippen LogP contribution in [0.3, 0.4) is 0 Å². The molecule has 2 aliphatic rings. The molecule has 0 spiro atoms. The quantitative estimate of drug-likeness (QED) is 0.588. The Kier molecular flexibility index (Phi) is 5.42. The summed E-state index contributed by atoms with van der Waals surface area (Å²) in [4.78, 5) is 15.9. The van der Waals surface area contributed by atoms with Gasteiger partial charge in [-0.25, -0.2) is 4.79 Å². The predicted molar refractivity (Wildman–Crippen MR) is 107 cm³/mol. The highest BCUT2D eigenvalue weighted by Crippen LogP contribution is 2.60. The first-order valence-corrected chi connectivity index (χ1v) is 10.3. The molecular weight excluding hydrogens is 450 g/mol. The molecule has 1 saturated heterocycles. The fourth-order valence-corrected chi connectivity index (χ4v) is 4.61. The molecule has 178 valence electrons. The van der Waals surface area contributed by atoms with E-state index >= 15 is 0 Å². The lowest BCUT2D eigenvalue weighted by atomic mass is 9.99. The van der Waals surface area contributed by atoms with E-state index in [4.69, 9.17) is 0 Å². The fraction of sp³-hybridized carbons (Fsp3) is 0.435. The summed E-state index contributed by atoms with van der Waals surface area (Å²) in [7, 11) is 1.33. The minimum absolute atomic E-state index is 0.0625. The highest BCUT2D eigenvalue weighted by atomic mass is 19.4. The van der Waals surface area contributed by atoms with Crippen LogP contribution in [0, 0.1) is 5.92 Å². The fourth-order valence-electron chi connectivity index (χ4n) is 4.61. The lowest BCUT2D eigenvalue weighted by Gasteiger charge is -2.36. The standard InChI is InChI=1S/C23H22F6N2O2/c1-13(15-8-16(22(24,25)26)10-17(9-15)23(27,28)29)30(2)20(32)31-12-18-11-21(18,33)19(31)14-6-4-3-5-7-14/h3-10,13,18-19,33H,11-12H2,1-2H3. The molecule has 1 heterocycles. The van der Waals surface area contributed by atoms with Gasteiger partial charge in [-0.3, -0.25) is 0 Å². The van der Waals surface area contributed by atoms with Gasteiger partial charge in [-0.2, -0.15) is 26.3 Å².